The van der Waals surface area contributed by atoms with E-state index in [2.05, 4.69) is 13.8 Å². The summed E-state index contributed by atoms with van der Waals surface area (Å²) in [6, 6.07) is 0. The van der Waals surface area contributed by atoms with E-state index in [0.717, 1.165) is 32.5 Å². The molecule has 2 heteroatoms. The SMILES string of the molecule is CCCCCCCC1(CCCCC)OCCCO1. The van der Waals surface area contributed by atoms with Gasteiger partial charge in [0.15, 0.2) is 5.79 Å². The van der Waals surface area contributed by atoms with Crippen LogP contribution in [0.1, 0.15) is 84.5 Å². The highest BCUT2D eigenvalue weighted by atomic mass is 16.7. The maximum absolute atomic E-state index is 6.00. The van der Waals surface area contributed by atoms with Crippen molar-refractivity contribution in [2.75, 3.05) is 13.2 Å². The van der Waals surface area contributed by atoms with Gasteiger partial charge < -0.3 is 9.47 Å². The molecule has 1 aliphatic heterocycles. The monoisotopic (exact) mass is 256 g/mol. The van der Waals surface area contributed by atoms with E-state index >= 15 is 0 Å². The molecule has 0 unspecified atom stereocenters. The van der Waals surface area contributed by atoms with Crippen molar-refractivity contribution in [2.45, 2.75) is 90.3 Å². The first-order chi connectivity index (χ1) is 8.83. The fraction of sp³-hybridized carbons (Fsp3) is 1.00. The van der Waals surface area contributed by atoms with E-state index in [9.17, 15) is 0 Å². The Balaban J connectivity index is 2.25. The standard InChI is InChI=1S/C16H32O2/c1-3-5-7-8-10-13-16(12-9-6-4-2)17-14-11-15-18-16/h3-15H2,1-2H3. The van der Waals surface area contributed by atoms with Crippen LogP contribution in [0, 0.1) is 0 Å². The van der Waals surface area contributed by atoms with Crippen LogP contribution in [0.25, 0.3) is 0 Å². The minimum absolute atomic E-state index is 0.223. The summed E-state index contributed by atoms with van der Waals surface area (Å²) < 4.78 is 12.0. The molecule has 0 radical (unpaired) electrons. The number of unbranched alkanes of at least 4 members (excludes halogenated alkanes) is 6. The molecule has 0 saturated carbocycles. The smallest absolute Gasteiger partial charge is 0.168 e. The molecule has 0 aromatic heterocycles. The Morgan fingerprint density at radius 3 is 1.83 bits per heavy atom. The predicted octanol–water partition coefficient (Wildman–Crippen LogP) is 5.06. The van der Waals surface area contributed by atoms with Crippen molar-refractivity contribution >= 4 is 0 Å². The lowest BCUT2D eigenvalue weighted by Gasteiger charge is -2.37. The Hall–Kier alpha value is -0.0800. The van der Waals surface area contributed by atoms with Crippen molar-refractivity contribution in [1.82, 2.24) is 0 Å². The first-order valence-electron chi connectivity index (χ1n) is 8.11. The Kier molecular flexibility index (Phi) is 8.70. The molecule has 0 aromatic carbocycles. The number of ether oxygens (including phenoxy) is 2. The summed E-state index contributed by atoms with van der Waals surface area (Å²) in [6.07, 6.45) is 13.7. The van der Waals surface area contributed by atoms with E-state index in [4.69, 9.17) is 9.47 Å². The summed E-state index contributed by atoms with van der Waals surface area (Å²) >= 11 is 0. The van der Waals surface area contributed by atoms with Gasteiger partial charge in [0.2, 0.25) is 0 Å². The quantitative estimate of drug-likeness (QED) is 0.509. The minimum Gasteiger partial charge on any atom is -0.350 e. The molecule has 108 valence electrons. The lowest BCUT2D eigenvalue weighted by Crippen LogP contribution is -2.40. The molecule has 0 spiro atoms. The second-order valence-electron chi connectivity index (χ2n) is 5.58. The zero-order valence-electron chi connectivity index (χ0n) is 12.5. The van der Waals surface area contributed by atoms with Crippen molar-refractivity contribution < 1.29 is 9.47 Å². The highest BCUT2D eigenvalue weighted by Gasteiger charge is 2.33. The highest BCUT2D eigenvalue weighted by Crippen LogP contribution is 2.31. The molecule has 18 heavy (non-hydrogen) atoms. The van der Waals surface area contributed by atoms with Gasteiger partial charge in [-0.15, -0.1) is 0 Å². The number of rotatable bonds is 10. The van der Waals surface area contributed by atoms with Gasteiger partial charge in [-0.2, -0.15) is 0 Å². The third-order valence-electron chi connectivity index (χ3n) is 3.84. The predicted molar refractivity (Wildman–Crippen MR) is 76.8 cm³/mol. The van der Waals surface area contributed by atoms with Gasteiger partial charge in [0.1, 0.15) is 0 Å². The molecule has 1 fully saturated rings. The first-order valence-corrected chi connectivity index (χ1v) is 8.11. The molecule has 1 heterocycles. The molecule has 0 atom stereocenters. The molecule has 1 aliphatic rings. The van der Waals surface area contributed by atoms with E-state index in [-0.39, 0.29) is 5.79 Å². The summed E-state index contributed by atoms with van der Waals surface area (Å²) in [7, 11) is 0. The van der Waals surface area contributed by atoms with Crippen LogP contribution in [-0.2, 0) is 9.47 Å². The van der Waals surface area contributed by atoms with Gasteiger partial charge in [-0.1, -0.05) is 52.4 Å². The van der Waals surface area contributed by atoms with Crippen LogP contribution in [0.5, 0.6) is 0 Å². The van der Waals surface area contributed by atoms with Crippen molar-refractivity contribution in [3.05, 3.63) is 0 Å². The average molecular weight is 256 g/mol. The van der Waals surface area contributed by atoms with E-state index in [0.29, 0.717) is 0 Å². The number of hydrogen-bond acceptors (Lipinski definition) is 2. The fourth-order valence-electron chi connectivity index (χ4n) is 2.67. The molecular weight excluding hydrogens is 224 g/mol. The third kappa shape index (κ3) is 6.19. The van der Waals surface area contributed by atoms with Gasteiger partial charge in [0, 0.05) is 12.8 Å². The largest absolute Gasteiger partial charge is 0.350 e. The van der Waals surface area contributed by atoms with Gasteiger partial charge >= 0.3 is 0 Å². The van der Waals surface area contributed by atoms with Crippen LogP contribution in [0.15, 0.2) is 0 Å². The average Bonchev–Trinajstić information content (AvgIpc) is 2.40. The molecule has 0 amide bonds. The van der Waals surface area contributed by atoms with E-state index < -0.39 is 0 Å². The van der Waals surface area contributed by atoms with Crippen LogP contribution < -0.4 is 0 Å². The second-order valence-corrected chi connectivity index (χ2v) is 5.58. The maximum Gasteiger partial charge on any atom is 0.168 e. The summed E-state index contributed by atoms with van der Waals surface area (Å²) in [5.41, 5.74) is 0. The Bertz CT molecular complexity index is 186. The second kappa shape index (κ2) is 9.80. The molecule has 0 aliphatic carbocycles. The van der Waals surface area contributed by atoms with Gasteiger partial charge in [-0.3, -0.25) is 0 Å². The Morgan fingerprint density at radius 1 is 0.722 bits per heavy atom. The normalized spacial score (nSPS) is 19.0. The van der Waals surface area contributed by atoms with Gasteiger partial charge in [0.25, 0.3) is 0 Å². The summed E-state index contributed by atoms with van der Waals surface area (Å²) in [4.78, 5) is 0. The Labute approximate surface area is 113 Å². The highest BCUT2D eigenvalue weighted by molar-refractivity contribution is 4.73. The molecular formula is C16H32O2. The van der Waals surface area contributed by atoms with Gasteiger partial charge in [-0.25, -0.2) is 0 Å². The lowest BCUT2D eigenvalue weighted by atomic mass is 9.99. The lowest BCUT2D eigenvalue weighted by molar-refractivity contribution is -0.274. The minimum atomic E-state index is -0.223. The molecule has 1 rings (SSSR count). The fourth-order valence-corrected chi connectivity index (χ4v) is 2.67. The van der Waals surface area contributed by atoms with Crippen LogP contribution in [-0.4, -0.2) is 19.0 Å². The van der Waals surface area contributed by atoms with E-state index in [1.54, 1.807) is 0 Å². The van der Waals surface area contributed by atoms with Crippen LogP contribution in [0.2, 0.25) is 0 Å². The zero-order valence-corrected chi connectivity index (χ0v) is 12.5. The molecule has 2 nitrogen and oxygen atoms in total. The summed E-state index contributed by atoms with van der Waals surface area (Å²) in [6.45, 7) is 6.29. The third-order valence-corrected chi connectivity index (χ3v) is 3.84. The molecule has 0 bridgehead atoms. The maximum atomic E-state index is 6.00. The van der Waals surface area contributed by atoms with Gasteiger partial charge in [0.05, 0.1) is 13.2 Å². The van der Waals surface area contributed by atoms with E-state index in [1.165, 1.54) is 51.4 Å². The first kappa shape index (κ1) is 16.0. The van der Waals surface area contributed by atoms with Crippen LogP contribution in [0.3, 0.4) is 0 Å². The van der Waals surface area contributed by atoms with Crippen molar-refractivity contribution in [3.63, 3.8) is 0 Å². The van der Waals surface area contributed by atoms with Crippen molar-refractivity contribution in [3.8, 4) is 0 Å². The summed E-state index contributed by atoms with van der Waals surface area (Å²) in [5, 5.41) is 0. The number of hydrogen-bond donors (Lipinski definition) is 0. The zero-order chi connectivity index (χ0) is 13.1. The van der Waals surface area contributed by atoms with Crippen molar-refractivity contribution in [1.29, 1.82) is 0 Å². The van der Waals surface area contributed by atoms with Crippen LogP contribution in [0.4, 0.5) is 0 Å². The summed E-state index contributed by atoms with van der Waals surface area (Å²) in [5.74, 6) is -0.223. The van der Waals surface area contributed by atoms with Crippen molar-refractivity contribution in [2.24, 2.45) is 0 Å². The van der Waals surface area contributed by atoms with Crippen LogP contribution >= 0.6 is 0 Å². The molecule has 0 aromatic rings. The van der Waals surface area contributed by atoms with E-state index in [1.807, 2.05) is 0 Å². The topological polar surface area (TPSA) is 18.5 Å². The molecule has 1 saturated heterocycles. The Morgan fingerprint density at radius 2 is 1.22 bits per heavy atom. The van der Waals surface area contributed by atoms with Gasteiger partial charge in [-0.05, 0) is 19.3 Å². The molecule has 0 N–H and O–H groups in total.